The molecule has 15 heteroatoms. The van der Waals surface area contributed by atoms with Gasteiger partial charge >= 0.3 is 18.5 Å². The van der Waals surface area contributed by atoms with Crippen molar-refractivity contribution in [1.82, 2.24) is 0 Å². The van der Waals surface area contributed by atoms with Crippen molar-refractivity contribution in [1.29, 1.82) is 0 Å². The van der Waals surface area contributed by atoms with Gasteiger partial charge in [-0.05, 0) is 86.3 Å². The van der Waals surface area contributed by atoms with E-state index in [1.54, 1.807) is 67.2 Å². The summed E-state index contributed by atoms with van der Waals surface area (Å²) in [5.74, 6) is 1.95. The van der Waals surface area contributed by atoms with E-state index < -0.39 is 70.8 Å². The monoisotopic (exact) mass is 916 g/mol. The Morgan fingerprint density at radius 1 is 0.587 bits per heavy atom. The molecule has 0 radical (unpaired) electrons. The summed E-state index contributed by atoms with van der Waals surface area (Å²) in [4.78, 5) is 0.995. The van der Waals surface area contributed by atoms with Crippen molar-refractivity contribution in [3.63, 3.8) is 0 Å². The largest absolute Gasteiger partial charge is 0.493 e. The van der Waals surface area contributed by atoms with Crippen molar-refractivity contribution in [3.8, 4) is 11.5 Å². The molecular formula is C48H57F9O5S. The highest BCUT2D eigenvalue weighted by atomic mass is 32.2. The van der Waals surface area contributed by atoms with Gasteiger partial charge in [-0.25, -0.2) is 0 Å². The Morgan fingerprint density at radius 2 is 0.984 bits per heavy atom. The van der Waals surface area contributed by atoms with Crippen LogP contribution in [0.2, 0.25) is 0 Å². The molecule has 3 heterocycles. The predicted molar refractivity (Wildman–Crippen MR) is 228 cm³/mol. The van der Waals surface area contributed by atoms with Crippen molar-refractivity contribution in [3.05, 3.63) is 127 Å². The zero-order valence-electron chi connectivity index (χ0n) is 35.7. The van der Waals surface area contributed by atoms with Crippen LogP contribution in [0.4, 0.5) is 39.5 Å². The van der Waals surface area contributed by atoms with Gasteiger partial charge in [-0.2, -0.15) is 39.5 Å². The molecule has 3 aliphatic rings. The van der Waals surface area contributed by atoms with Gasteiger partial charge in [-0.15, -0.1) is 11.8 Å². The molecule has 0 bridgehead atoms. The lowest BCUT2D eigenvalue weighted by molar-refractivity contribution is -0.247. The van der Waals surface area contributed by atoms with Crippen molar-refractivity contribution in [2.45, 2.75) is 135 Å². The van der Waals surface area contributed by atoms with E-state index in [4.69, 9.17) is 9.47 Å². The topological polar surface area (TPSA) is 79.2 Å². The van der Waals surface area contributed by atoms with Crippen LogP contribution in [0.1, 0.15) is 95.2 Å². The van der Waals surface area contributed by atoms with E-state index in [1.165, 1.54) is 0 Å². The third-order valence-electron chi connectivity index (χ3n) is 12.8. The van der Waals surface area contributed by atoms with Crippen molar-refractivity contribution in [2.75, 3.05) is 19.0 Å². The van der Waals surface area contributed by atoms with Gasteiger partial charge in [0.15, 0.2) is 16.8 Å². The Kier molecular flexibility index (Phi) is 16.1. The van der Waals surface area contributed by atoms with E-state index in [9.17, 15) is 54.8 Å². The highest BCUT2D eigenvalue weighted by Gasteiger charge is 2.58. The van der Waals surface area contributed by atoms with E-state index in [0.717, 1.165) is 33.8 Å². The van der Waals surface area contributed by atoms with E-state index in [0.29, 0.717) is 75.0 Å². The number of aliphatic hydroxyl groups is 3. The first-order valence-electron chi connectivity index (χ1n) is 20.7. The quantitative estimate of drug-likeness (QED) is 0.124. The van der Waals surface area contributed by atoms with Crippen LogP contribution in [0.3, 0.4) is 0 Å². The van der Waals surface area contributed by atoms with Gasteiger partial charge in [-0.1, -0.05) is 120 Å². The highest BCUT2D eigenvalue weighted by Crippen LogP contribution is 2.52. The van der Waals surface area contributed by atoms with Gasteiger partial charge in [0.2, 0.25) is 0 Å². The zero-order valence-corrected chi connectivity index (χ0v) is 36.6. The van der Waals surface area contributed by atoms with Gasteiger partial charge in [0.05, 0.1) is 13.2 Å². The number of para-hydroxylation sites is 2. The summed E-state index contributed by atoms with van der Waals surface area (Å²) in [5.41, 5.74) is -8.54. The van der Waals surface area contributed by atoms with Crippen molar-refractivity contribution < 1.29 is 64.3 Å². The number of alkyl halides is 9. The summed E-state index contributed by atoms with van der Waals surface area (Å²) >= 11 is 1.64. The number of halogens is 9. The minimum Gasteiger partial charge on any atom is -0.493 e. The lowest BCUT2D eigenvalue weighted by Gasteiger charge is -2.43. The molecule has 0 aromatic heterocycles. The zero-order chi connectivity index (χ0) is 47.2. The molecule has 3 N–H and O–H groups in total. The lowest BCUT2D eigenvalue weighted by atomic mass is 9.66. The third-order valence-corrected chi connectivity index (χ3v) is 13.9. The molecule has 6 atom stereocenters. The molecule has 0 saturated carbocycles. The van der Waals surface area contributed by atoms with Gasteiger partial charge in [0.1, 0.15) is 11.5 Å². The Hall–Kier alpha value is -3.92. The molecule has 0 amide bonds. The minimum absolute atomic E-state index is 0.343. The molecule has 3 aromatic rings. The molecule has 0 aliphatic carbocycles. The molecule has 63 heavy (non-hydrogen) atoms. The number of ether oxygens (including phenoxy) is 2. The number of rotatable bonds is 12. The molecule has 0 fully saturated rings. The molecule has 6 rings (SSSR count). The summed E-state index contributed by atoms with van der Waals surface area (Å²) in [7, 11) is 0. The van der Waals surface area contributed by atoms with E-state index in [-0.39, 0.29) is 0 Å². The first-order valence-corrected chi connectivity index (χ1v) is 21.7. The highest BCUT2D eigenvalue weighted by molar-refractivity contribution is 7.99. The normalized spacial score (nSPS) is 24.7. The van der Waals surface area contributed by atoms with Gasteiger partial charge in [0, 0.05) is 26.9 Å². The summed E-state index contributed by atoms with van der Waals surface area (Å²) in [5, 5.41) is 30.1. The molecule has 0 spiro atoms. The van der Waals surface area contributed by atoms with Crippen LogP contribution >= 0.6 is 11.8 Å². The Balaban J connectivity index is 0.000000208. The van der Waals surface area contributed by atoms with Crippen LogP contribution in [0.5, 0.6) is 11.5 Å². The molecular weight excluding hydrogens is 860 g/mol. The number of thioether (sulfide) groups is 1. The Labute approximate surface area is 368 Å². The summed E-state index contributed by atoms with van der Waals surface area (Å²) in [6.45, 7) is 15.8. The van der Waals surface area contributed by atoms with Gasteiger partial charge in [-0.3, -0.25) is 0 Å². The summed E-state index contributed by atoms with van der Waals surface area (Å²) in [6.07, 6.45) is -10.4. The van der Waals surface area contributed by atoms with Crippen molar-refractivity contribution >= 4 is 11.8 Å². The van der Waals surface area contributed by atoms with Gasteiger partial charge in [0.25, 0.3) is 0 Å². The molecule has 0 saturated heterocycles. The van der Waals surface area contributed by atoms with Crippen LogP contribution in [0, 0.1) is 0 Å². The summed E-state index contributed by atoms with van der Waals surface area (Å²) < 4.78 is 130. The van der Waals surface area contributed by atoms with Crippen LogP contribution < -0.4 is 9.47 Å². The van der Waals surface area contributed by atoms with Crippen LogP contribution in [0.25, 0.3) is 0 Å². The second kappa shape index (κ2) is 19.7. The van der Waals surface area contributed by atoms with E-state index in [1.807, 2.05) is 38.1 Å². The smallest absolute Gasteiger partial charge is 0.420 e. The minimum atomic E-state index is -4.75. The first-order chi connectivity index (χ1) is 29.3. The maximum Gasteiger partial charge on any atom is 0.420 e. The number of hydrogen-bond acceptors (Lipinski definition) is 6. The fourth-order valence-electron chi connectivity index (χ4n) is 9.02. The average Bonchev–Trinajstić information content (AvgIpc) is 3.23. The molecule has 348 valence electrons. The lowest BCUT2D eigenvalue weighted by Crippen LogP contribution is -2.50. The fraction of sp³-hybridized carbons (Fsp3) is 0.500. The van der Waals surface area contributed by atoms with Crippen molar-refractivity contribution in [2.24, 2.45) is 0 Å². The maximum atomic E-state index is 13.3. The first kappa shape index (κ1) is 51.7. The molecule has 3 aromatic carbocycles. The maximum absolute atomic E-state index is 13.3. The predicted octanol–water partition coefficient (Wildman–Crippen LogP) is 12.7. The van der Waals surface area contributed by atoms with Crippen LogP contribution in [0.15, 0.2) is 116 Å². The Morgan fingerprint density at radius 3 is 1.43 bits per heavy atom. The second-order valence-electron chi connectivity index (χ2n) is 16.9. The summed E-state index contributed by atoms with van der Waals surface area (Å²) in [6, 6.07) is 21.7. The van der Waals surface area contributed by atoms with E-state index in [2.05, 4.69) is 19.7 Å². The molecule has 5 nitrogen and oxygen atoms in total. The second-order valence-corrected chi connectivity index (χ2v) is 18.1. The van der Waals surface area contributed by atoms with Crippen LogP contribution in [-0.2, 0) is 16.2 Å². The standard InChI is InChI=1S/C17H21F3O2.C16H19F3O2.C15H17F3OS/c1-3-9-15(12-16(21,4-2)17(18,19)20)10-11-22-14-8-6-5-7-13(14)15;1-3-14(11-15(20,4-2)16(17,18)19)9-10-21-13-8-6-5-7-12(13)14;1-3-14(19,15(16,17)18)10-13(2)8-9-20-12-7-5-4-6-11(12)13/h4-8,21H,2-3,9-12H2,1H3;4-8,20H,2-3,9-11H2,1H3;3-7,19H,1,8-10H2,2H3. The average molecular weight is 917 g/mol. The van der Waals surface area contributed by atoms with Crippen LogP contribution in [-0.4, -0.2) is 69.6 Å². The number of hydrogen-bond donors (Lipinski definition) is 3. The fourth-order valence-corrected chi connectivity index (χ4v) is 10.4. The van der Waals surface area contributed by atoms with E-state index >= 15 is 0 Å². The number of benzene rings is 3. The third kappa shape index (κ3) is 11.0. The Bertz CT molecular complexity index is 2040. The number of fused-ring (bicyclic) bond motifs is 3. The molecule has 6 unspecified atom stereocenters. The SMILES string of the molecule is C=CC(O)(CC1(C)CCSc2ccccc21)C(F)(F)F.C=CC(O)(CC1(CC)CCOc2ccccc21)C(F)(F)F.C=CC(O)(CC1(CCC)CCOc2ccccc21)C(F)(F)F. The molecule has 3 aliphatic heterocycles. The van der Waals surface area contributed by atoms with Gasteiger partial charge < -0.3 is 24.8 Å².